The van der Waals surface area contributed by atoms with E-state index in [-0.39, 0.29) is 18.3 Å². The Bertz CT molecular complexity index is 428. The van der Waals surface area contributed by atoms with Gasteiger partial charge in [0.05, 0.1) is 0 Å². The predicted octanol–water partition coefficient (Wildman–Crippen LogP) is 2.67. The van der Waals surface area contributed by atoms with E-state index in [2.05, 4.69) is 25.2 Å². The number of nitrogens with one attached hydrogen (secondary N) is 1. The van der Waals surface area contributed by atoms with E-state index in [1.165, 1.54) is 0 Å². The third-order valence-electron chi connectivity index (χ3n) is 3.72. The Morgan fingerprint density at radius 2 is 2.05 bits per heavy atom. The second kappa shape index (κ2) is 6.92. The zero-order chi connectivity index (χ0) is 13.1. The highest BCUT2D eigenvalue weighted by atomic mass is 35.5. The molecule has 1 heterocycles. The summed E-state index contributed by atoms with van der Waals surface area (Å²) in [6.45, 7) is 6.17. The van der Waals surface area contributed by atoms with Crippen molar-refractivity contribution in [1.82, 2.24) is 10.2 Å². The lowest BCUT2D eigenvalue weighted by Gasteiger charge is -2.25. The van der Waals surface area contributed by atoms with Gasteiger partial charge in [-0.15, -0.1) is 12.4 Å². The van der Waals surface area contributed by atoms with Crippen LogP contribution in [0.4, 0.5) is 0 Å². The van der Waals surface area contributed by atoms with Gasteiger partial charge >= 0.3 is 0 Å². The molecule has 0 aromatic heterocycles. The van der Waals surface area contributed by atoms with E-state index in [9.17, 15) is 4.79 Å². The van der Waals surface area contributed by atoms with Crippen LogP contribution in [0, 0.1) is 0 Å². The van der Waals surface area contributed by atoms with Gasteiger partial charge in [0.15, 0.2) is 0 Å². The molecule has 0 spiro atoms. The number of likely N-dealkylation sites (N-methyl/N-ethyl adjacent to an activating group) is 1. The van der Waals surface area contributed by atoms with E-state index in [4.69, 9.17) is 0 Å². The van der Waals surface area contributed by atoms with Gasteiger partial charge in [-0.25, -0.2) is 0 Å². The zero-order valence-electron chi connectivity index (χ0n) is 11.8. The van der Waals surface area contributed by atoms with E-state index in [0.29, 0.717) is 12.0 Å². The monoisotopic (exact) mass is 282 g/mol. The zero-order valence-corrected chi connectivity index (χ0v) is 12.7. The van der Waals surface area contributed by atoms with Crippen molar-refractivity contribution in [3.05, 3.63) is 35.4 Å². The molecule has 1 aliphatic heterocycles. The van der Waals surface area contributed by atoms with Gasteiger partial charge < -0.3 is 10.2 Å². The van der Waals surface area contributed by atoms with Gasteiger partial charge in [-0.1, -0.05) is 32.0 Å². The molecule has 106 valence electrons. The molecular formula is C15H23ClN2O. The Labute approximate surface area is 121 Å². The van der Waals surface area contributed by atoms with E-state index in [0.717, 1.165) is 30.6 Å². The van der Waals surface area contributed by atoms with Crippen molar-refractivity contribution in [2.24, 2.45) is 0 Å². The summed E-state index contributed by atoms with van der Waals surface area (Å²) in [5, 5.41) is 3.30. The van der Waals surface area contributed by atoms with Crippen LogP contribution in [0.15, 0.2) is 24.3 Å². The predicted molar refractivity (Wildman–Crippen MR) is 81.1 cm³/mol. The summed E-state index contributed by atoms with van der Waals surface area (Å²) in [6, 6.07) is 8.27. The van der Waals surface area contributed by atoms with Crippen LogP contribution in [0.2, 0.25) is 0 Å². The van der Waals surface area contributed by atoms with E-state index >= 15 is 0 Å². The molecule has 1 aromatic rings. The van der Waals surface area contributed by atoms with Crippen LogP contribution >= 0.6 is 12.4 Å². The Morgan fingerprint density at radius 3 is 2.63 bits per heavy atom. The molecule has 0 unspecified atom stereocenters. The van der Waals surface area contributed by atoms with Crippen molar-refractivity contribution >= 4 is 18.3 Å². The molecule has 1 N–H and O–H groups in total. The van der Waals surface area contributed by atoms with Gasteiger partial charge in [-0.2, -0.15) is 0 Å². The number of amides is 1. The van der Waals surface area contributed by atoms with Crippen LogP contribution in [0.1, 0.15) is 42.1 Å². The molecule has 1 saturated heterocycles. The number of carbonyl (C=O) groups is 1. The van der Waals surface area contributed by atoms with Gasteiger partial charge in [0.25, 0.3) is 5.91 Å². The standard InChI is InChI=1S/C15H22N2O.ClH/c1-11(2)13-6-4-5-7-14(13)15(18)17(3)12-8-9-16-10-12;/h4-7,11-12,16H,8-10H2,1-3H3;1H/t12-;/m1./s1. The molecule has 1 amide bonds. The quantitative estimate of drug-likeness (QED) is 0.924. The summed E-state index contributed by atoms with van der Waals surface area (Å²) < 4.78 is 0. The average Bonchev–Trinajstić information content (AvgIpc) is 2.90. The number of nitrogens with zero attached hydrogens (tertiary/aromatic N) is 1. The average molecular weight is 283 g/mol. The Hall–Kier alpha value is -1.06. The maximum atomic E-state index is 12.6. The lowest BCUT2D eigenvalue weighted by molar-refractivity contribution is 0.0742. The summed E-state index contributed by atoms with van der Waals surface area (Å²) in [7, 11) is 1.91. The summed E-state index contributed by atoms with van der Waals surface area (Å²) in [6.07, 6.45) is 1.05. The molecule has 0 saturated carbocycles. The second-order valence-corrected chi connectivity index (χ2v) is 5.30. The Morgan fingerprint density at radius 1 is 1.37 bits per heavy atom. The van der Waals surface area contributed by atoms with Crippen LogP contribution in [-0.4, -0.2) is 37.0 Å². The van der Waals surface area contributed by atoms with Gasteiger partial charge in [0, 0.05) is 25.2 Å². The van der Waals surface area contributed by atoms with Gasteiger partial charge in [0.2, 0.25) is 0 Å². The van der Waals surface area contributed by atoms with Crippen molar-refractivity contribution in [2.75, 3.05) is 20.1 Å². The third kappa shape index (κ3) is 3.48. The fraction of sp³-hybridized carbons (Fsp3) is 0.533. The molecular weight excluding hydrogens is 260 g/mol. The first-order chi connectivity index (χ1) is 8.61. The molecule has 4 heteroatoms. The minimum Gasteiger partial charge on any atom is -0.337 e. The third-order valence-corrected chi connectivity index (χ3v) is 3.72. The molecule has 19 heavy (non-hydrogen) atoms. The summed E-state index contributed by atoms with van der Waals surface area (Å²) in [5.74, 6) is 0.522. The van der Waals surface area contributed by atoms with Gasteiger partial charge in [-0.3, -0.25) is 4.79 Å². The second-order valence-electron chi connectivity index (χ2n) is 5.30. The summed E-state index contributed by atoms with van der Waals surface area (Å²) in [4.78, 5) is 14.4. The van der Waals surface area contributed by atoms with Gasteiger partial charge in [0.1, 0.15) is 0 Å². The first kappa shape index (κ1) is 16.0. The van der Waals surface area contributed by atoms with E-state index in [1.807, 2.05) is 30.1 Å². The van der Waals surface area contributed by atoms with E-state index in [1.54, 1.807) is 0 Å². The van der Waals surface area contributed by atoms with Crippen LogP contribution in [0.25, 0.3) is 0 Å². The molecule has 0 radical (unpaired) electrons. The molecule has 3 nitrogen and oxygen atoms in total. The Kier molecular flexibility index (Phi) is 5.83. The number of benzene rings is 1. The first-order valence-corrected chi connectivity index (χ1v) is 6.68. The highest BCUT2D eigenvalue weighted by molar-refractivity contribution is 5.96. The lowest BCUT2D eigenvalue weighted by atomic mass is 9.96. The van der Waals surface area contributed by atoms with Crippen LogP contribution < -0.4 is 5.32 Å². The van der Waals surface area contributed by atoms with Crippen LogP contribution in [-0.2, 0) is 0 Å². The maximum absolute atomic E-state index is 12.6. The molecule has 0 aliphatic carbocycles. The van der Waals surface area contributed by atoms with Crippen molar-refractivity contribution in [2.45, 2.75) is 32.2 Å². The molecule has 0 bridgehead atoms. The van der Waals surface area contributed by atoms with Crippen molar-refractivity contribution in [1.29, 1.82) is 0 Å². The molecule has 2 rings (SSSR count). The van der Waals surface area contributed by atoms with Crippen molar-refractivity contribution in [3.8, 4) is 0 Å². The highest BCUT2D eigenvalue weighted by Crippen LogP contribution is 2.21. The number of rotatable bonds is 3. The number of hydrogen-bond donors (Lipinski definition) is 1. The normalized spacial score (nSPS) is 18.2. The molecule has 1 aromatic carbocycles. The topological polar surface area (TPSA) is 32.3 Å². The van der Waals surface area contributed by atoms with Crippen molar-refractivity contribution < 1.29 is 4.79 Å². The van der Waals surface area contributed by atoms with Gasteiger partial charge in [-0.05, 0) is 30.5 Å². The summed E-state index contributed by atoms with van der Waals surface area (Å²) >= 11 is 0. The minimum absolute atomic E-state index is 0. The fourth-order valence-corrected chi connectivity index (χ4v) is 2.52. The molecule has 1 aliphatic rings. The van der Waals surface area contributed by atoms with Crippen LogP contribution in [0.3, 0.4) is 0 Å². The summed E-state index contributed by atoms with van der Waals surface area (Å²) in [5.41, 5.74) is 1.99. The van der Waals surface area contributed by atoms with Crippen molar-refractivity contribution in [3.63, 3.8) is 0 Å². The van der Waals surface area contributed by atoms with E-state index < -0.39 is 0 Å². The van der Waals surface area contributed by atoms with Crippen LogP contribution in [0.5, 0.6) is 0 Å². The SMILES string of the molecule is CC(C)c1ccccc1C(=O)N(C)[C@@H]1CCNC1.Cl. The fourth-order valence-electron chi connectivity index (χ4n) is 2.52. The Balaban J connectivity index is 0.00000180. The molecule has 1 atom stereocenters. The molecule has 1 fully saturated rings. The largest absolute Gasteiger partial charge is 0.337 e. The smallest absolute Gasteiger partial charge is 0.254 e. The lowest BCUT2D eigenvalue weighted by Crippen LogP contribution is -2.38. The minimum atomic E-state index is 0. The first-order valence-electron chi connectivity index (χ1n) is 6.68. The highest BCUT2D eigenvalue weighted by Gasteiger charge is 2.25. The number of carbonyl (C=O) groups excluding carboxylic acids is 1. The number of halogens is 1. The number of hydrogen-bond acceptors (Lipinski definition) is 2. The maximum Gasteiger partial charge on any atom is 0.254 e.